The molecule has 0 spiro atoms. The second-order valence-electron chi connectivity index (χ2n) is 9.74. The van der Waals surface area contributed by atoms with Crippen LogP contribution < -0.4 is 0 Å². The van der Waals surface area contributed by atoms with Gasteiger partial charge in [0.1, 0.15) is 11.3 Å². The minimum atomic E-state index is -0.448. The molecular weight excluding hydrogens is 446 g/mol. The van der Waals surface area contributed by atoms with Crippen LogP contribution in [0.4, 0.5) is 0 Å². The average Bonchev–Trinajstić information content (AvgIpc) is 3.42. The third kappa shape index (κ3) is 5.00. The molecule has 0 aliphatic carbocycles. The highest BCUT2D eigenvalue weighted by molar-refractivity contribution is 5.74. The number of likely N-dealkylation sites (tertiary alicyclic amines) is 1. The van der Waals surface area contributed by atoms with Gasteiger partial charge in [0.15, 0.2) is 11.5 Å². The number of pyridine rings is 1. The Hall–Kier alpha value is -3.85. The maximum absolute atomic E-state index is 12.2. The highest BCUT2D eigenvalue weighted by Crippen LogP contribution is 2.31. The molecule has 4 heterocycles. The molecule has 0 N–H and O–H groups in total. The van der Waals surface area contributed by atoms with E-state index < -0.39 is 5.60 Å². The van der Waals surface area contributed by atoms with Gasteiger partial charge in [-0.15, -0.1) is 0 Å². The molecule has 0 radical (unpaired) electrons. The SMILES string of the molecule is Cc1c(-c2nc(-c3ccc(CN4CC(C(=O)OC(C)(C)C)C4)cc3)no2)noc1-c1ccccn1. The van der Waals surface area contributed by atoms with E-state index in [9.17, 15) is 4.79 Å². The number of hydrogen-bond acceptors (Lipinski definition) is 9. The quantitative estimate of drug-likeness (QED) is 0.373. The van der Waals surface area contributed by atoms with Crippen LogP contribution in [-0.4, -0.2) is 49.8 Å². The fourth-order valence-electron chi connectivity index (χ4n) is 3.96. The highest BCUT2D eigenvalue weighted by Gasteiger charge is 2.35. The van der Waals surface area contributed by atoms with Crippen LogP contribution in [0.1, 0.15) is 31.9 Å². The number of benzene rings is 1. The summed E-state index contributed by atoms with van der Waals surface area (Å²) < 4.78 is 16.4. The van der Waals surface area contributed by atoms with Crippen LogP contribution in [0.2, 0.25) is 0 Å². The molecule has 1 saturated heterocycles. The Kier molecular flexibility index (Phi) is 5.94. The van der Waals surface area contributed by atoms with Gasteiger partial charge in [0.05, 0.1) is 5.92 Å². The van der Waals surface area contributed by atoms with Gasteiger partial charge in [-0.25, -0.2) is 0 Å². The maximum atomic E-state index is 12.2. The molecule has 180 valence electrons. The van der Waals surface area contributed by atoms with Gasteiger partial charge in [-0.3, -0.25) is 14.7 Å². The van der Waals surface area contributed by atoms with Crippen molar-refractivity contribution in [1.82, 2.24) is 25.2 Å². The minimum Gasteiger partial charge on any atom is -0.460 e. The third-order valence-electron chi connectivity index (χ3n) is 5.77. The summed E-state index contributed by atoms with van der Waals surface area (Å²) in [5.74, 6) is 1.17. The number of hydrogen-bond donors (Lipinski definition) is 0. The predicted octanol–water partition coefficient (Wildman–Crippen LogP) is 4.54. The fourth-order valence-corrected chi connectivity index (χ4v) is 3.96. The van der Waals surface area contributed by atoms with E-state index >= 15 is 0 Å². The van der Waals surface area contributed by atoms with Crippen molar-refractivity contribution in [3.8, 4) is 34.4 Å². The van der Waals surface area contributed by atoms with E-state index in [2.05, 4.69) is 25.2 Å². The van der Waals surface area contributed by atoms with Crippen molar-refractivity contribution in [2.75, 3.05) is 13.1 Å². The maximum Gasteiger partial charge on any atom is 0.312 e. The molecule has 35 heavy (non-hydrogen) atoms. The van der Waals surface area contributed by atoms with E-state index in [0.717, 1.165) is 23.2 Å². The molecule has 0 saturated carbocycles. The van der Waals surface area contributed by atoms with E-state index in [0.29, 0.717) is 42.0 Å². The Morgan fingerprint density at radius 2 is 1.86 bits per heavy atom. The molecule has 0 amide bonds. The molecular formula is C26H27N5O4. The number of carbonyl (C=O) groups is 1. The fraction of sp³-hybridized carbons (Fsp3) is 0.346. The minimum absolute atomic E-state index is 0.0515. The number of esters is 1. The summed E-state index contributed by atoms with van der Waals surface area (Å²) in [6.07, 6.45) is 1.70. The summed E-state index contributed by atoms with van der Waals surface area (Å²) in [6.45, 7) is 9.75. The molecule has 1 fully saturated rings. The van der Waals surface area contributed by atoms with Gasteiger partial charge >= 0.3 is 5.97 Å². The van der Waals surface area contributed by atoms with Crippen molar-refractivity contribution >= 4 is 5.97 Å². The zero-order chi connectivity index (χ0) is 24.6. The first-order valence-electron chi connectivity index (χ1n) is 11.5. The lowest BCUT2D eigenvalue weighted by molar-refractivity contribution is -0.166. The zero-order valence-electron chi connectivity index (χ0n) is 20.2. The van der Waals surface area contributed by atoms with Gasteiger partial charge in [0, 0.05) is 37.0 Å². The summed E-state index contributed by atoms with van der Waals surface area (Å²) in [6, 6.07) is 13.6. The number of nitrogens with zero attached hydrogens (tertiary/aromatic N) is 5. The van der Waals surface area contributed by atoms with Crippen LogP contribution in [0.15, 0.2) is 57.7 Å². The summed E-state index contributed by atoms with van der Waals surface area (Å²) >= 11 is 0. The molecule has 1 aliphatic heterocycles. The molecule has 4 aromatic rings. The van der Waals surface area contributed by atoms with Gasteiger partial charge < -0.3 is 13.8 Å². The first kappa shape index (κ1) is 22.9. The molecule has 0 unspecified atom stereocenters. The van der Waals surface area contributed by atoms with Crippen molar-refractivity contribution in [1.29, 1.82) is 0 Å². The Morgan fingerprint density at radius 1 is 1.09 bits per heavy atom. The van der Waals surface area contributed by atoms with E-state index in [1.807, 2.05) is 70.2 Å². The Bertz CT molecular complexity index is 1320. The van der Waals surface area contributed by atoms with E-state index in [1.165, 1.54) is 0 Å². The molecule has 3 aromatic heterocycles. The third-order valence-corrected chi connectivity index (χ3v) is 5.77. The largest absolute Gasteiger partial charge is 0.460 e. The van der Waals surface area contributed by atoms with Crippen LogP contribution in [0.3, 0.4) is 0 Å². The summed E-state index contributed by atoms with van der Waals surface area (Å²) in [7, 11) is 0. The van der Waals surface area contributed by atoms with E-state index in [1.54, 1.807) is 6.20 Å². The molecule has 0 bridgehead atoms. The first-order valence-corrected chi connectivity index (χ1v) is 11.5. The van der Waals surface area contributed by atoms with Gasteiger partial charge in [0.25, 0.3) is 5.89 Å². The second-order valence-corrected chi connectivity index (χ2v) is 9.74. The summed E-state index contributed by atoms with van der Waals surface area (Å²) in [4.78, 5) is 23.2. The molecule has 5 rings (SSSR count). The van der Waals surface area contributed by atoms with Crippen molar-refractivity contribution in [3.05, 3.63) is 59.8 Å². The Labute approximate surface area is 203 Å². The topological polar surface area (TPSA) is 107 Å². The Balaban J connectivity index is 1.21. The van der Waals surface area contributed by atoms with Crippen LogP contribution in [0, 0.1) is 12.8 Å². The van der Waals surface area contributed by atoms with Crippen LogP contribution in [0.25, 0.3) is 34.4 Å². The normalized spacial score (nSPS) is 14.6. The van der Waals surface area contributed by atoms with Gasteiger partial charge in [-0.1, -0.05) is 40.6 Å². The molecule has 9 nitrogen and oxygen atoms in total. The number of carbonyl (C=O) groups excluding carboxylic acids is 1. The lowest BCUT2D eigenvalue weighted by atomic mass is 9.98. The first-order chi connectivity index (χ1) is 16.8. The number of ether oxygens (including phenoxy) is 1. The van der Waals surface area contributed by atoms with Gasteiger partial charge in [0.2, 0.25) is 5.82 Å². The Morgan fingerprint density at radius 3 is 2.54 bits per heavy atom. The predicted molar refractivity (Wildman–Crippen MR) is 128 cm³/mol. The molecule has 9 heteroatoms. The standard InChI is InChI=1S/C26H27N5O4/c1-16-21(29-34-22(16)20-7-5-6-12-27-20)24-28-23(30-35-24)18-10-8-17(9-11-18)13-31-14-19(15-31)25(32)33-26(2,3)4/h5-12,19H,13-15H2,1-4H3. The van der Waals surface area contributed by atoms with Crippen LogP contribution in [-0.2, 0) is 16.1 Å². The van der Waals surface area contributed by atoms with Gasteiger partial charge in [-0.2, -0.15) is 4.98 Å². The zero-order valence-corrected chi connectivity index (χ0v) is 20.2. The lowest BCUT2D eigenvalue weighted by Crippen LogP contribution is -2.51. The molecule has 0 atom stereocenters. The van der Waals surface area contributed by atoms with E-state index in [4.69, 9.17) is 13.8 Å². The van der Waals surface area contributed by atoms with Crippen molar-refractivity contribution in [2.24, 2.45) is 5.92 Å². The smallest absolute Gasteiger partial charge is 0.312 e. The lowest BCUT2D eigenvalue weighted by Gasteiger charge is -2.38. The highest BCUT2D eigenvalue weighted by atomic mass is 16.6. The monoisotopic (exact) mass is 473 g/mol. The van der Waals surface area contributed by atoms with Crippen LogP contribution >= 0.6 is 0 Å². The number of rotatable bonds is 6. The number of aromatic nitrogens is 4. The van der Waals surface area contributed by atoms with E-state index in [-0.39, 0.29) is 11.9 Å². The molecule has 1 aliphatic rings. The van der Waals surface area contributed by atoms with Crippen molar-refractivity contribution in [3.63, 3.8) is 0 Å². The van der Waals surface area contributed by atoms with Crippen LogP contribution in [0.5, 0.6) is 0 Å². The second kappa shape index (κ2) is 9.07. The summed E-state index contributed by atoms with van der Waals surface area (Å²) in [5, 5.41) is 8.24. The van der Waals surface area contributed by atoms with Crippen molar-refractivity contribution < 1.29 is 18.6 Å². The molecule has 1 aromatic carbocycles. The summed E-state index contributed by atoms with van der Waals surface area (Å²) in [5.41, 5.74) is 3.51. The van der Waals surface area contributed by atoms with Gasteiger partial charge in [-0.05, 0) is 45.4 Å². The van der Waals surface area contributed by atoms with Crippen molar-refractivity contribution in [2.45, 2.75) is 39.8 Å². The average molecular weight is 474 g/mol.